The molecule has 0 aromatic heterocycles. The number of nitrogens with two attached hydrogens (primary N) is 1. The second kappa shape index (κ2) is 5.28. The summed E-state index contributed by atoms with van der Waals surface area (Å²) in [6, 6.07) is 1.01. The van der Waals surface area contributed by atoms with Crippen LogP contribution in [0, 0.1) is 5.41 Å². The first-order chi connectivity index (χ1) is 9.45. The Labute approximate surface area is 137 Å². The second-order valence-corrected chi connectivity index (χ2v) is 8.32. The Balaban J connectivity index is 2.48. The molecule has 21 heavy (non-hydrogen) atoms. The van der Waals surface area contributed by atoms with Gasteiger partial charge in [-0.3, -0.25) is 4.79 Å². The summed E-state index contributed by atoms with van der Waals surface area (Å²) in [4.78, 5) is 11.8. The smallest absolute Gasteiger partial charge is 0.254 e. The number of halogens is 3. The van der Waals surface area contributed by atoms with E-state index in [-0.39, 0.29) is 32.1 Å². The zero-order valence-electron chi connectivity index (χ0n) is 11.2. The molecule has 0 aliphatic heterocycles. The Morgan fingerprint density at radius 1 is 1.33 bits per heavy atom. The molecule has 0 spiro atoms. The fourth-order valence-electron chi connectivity index (χ4n) is 1.93. The molecular weight excluding hydrogens is 359 g/mol. The molecule has 1 fully saturated rings. The van der Waals surface area contributed by atoms with Crippen molar-refractivity contribution in [1.29, 1.82) is 0 Å². The molecule has 0 heterocycles. The molecule has 1 amide bonds. The van der Waals surface area contributed by atoms with Crippen LogP contribution in [0.2, 0.25) is 15.1 Å². The van der Waals surface area contributed by atoms with Crippen LogP contribution >= 0.6 is 34.8 Å². The highest BCUT2D eigenvalue weighted by molar-refractivity contribution is 7.89. The van der Waals surface area contributed by atoms with Crippen LogP contribution in [0.5, 0.6) is 0 Å². The number of hydrogen-bond donors (Lipinski definition) is 2. The fourth-order valence-corrected chi connectivity index (χ4v) is 3.67. The second-order valence-electron chi connectivity index (χ2n) is 5.62. The van der Waals surface area contributed by atoms with Gasteiger partial charge in [-0.25, -0.2) is 13.6 Å². The summed E-state index contributed by atoms with van der Waals surface area (Å²) >= 11 is 17.8. The van der Waals surface area contributed by atoms with Crippen molar-refractivity contribution in [2.45, 2.75) is 31.2 Å². The van der Waals surface area contributed by atoms with Crippen LogP contribution in [0.1, 0.15) is 30.6 Å². The van der Waals surface area contributed by atoms with Crippen LogP contribution in [0.15, 0.2) is 11.0 Å². The Kier molecular flexibility index (Phi) is 4.23. The minimum absolute atomic E-state index is 0.00401. The van der Waals surface area contributed by atoms with Crippen molar-refractivity contribution >= 4 is 50.7 Å². The molecule has 0 saturated heterocycles. The number of carbonyl (C=O) groups is 1. The molecule has 1 aromatic rings. The van der Waals surface area contributed by atoms with E-state index in [1.807, 2.05) is 13.8 Å². The van der Waals surface area contributed by atoms with Crippen molar-refractivity contribution in [2.24, 2.45) is 10.6 Å². The first kappa shape index (κ1) is 16.8. The van der Waals surface area contributed by atoms with Crippen LogP contribution in [-0.2, 0) is 10.0 Å². The lowest BCUT2D eigenvalue weighted by Crippen LogP contribution is -2.29. The van der Waals surface area contributed by atoms with Crippen molar-refractivity contribution in [2.75, 3.05) is 0 Å². The molecule has 9 heteroatoms. The lowest BCUT2D eigenvalue weighted by atomic mass is 10.1. The van der Waals surface area contributed by atoms with E-state index >= 15 is 0 Å². The van der Waals surface area contributed by atoms with Gasteiger partial charge in [0.2, 0.25) is 10.0 Å². The number of nitrogens with one attached hydrogen (secondary N) is 1. The van der Waals surface area contributed by atoms with Gasteiger partial charge >= 0.3 is 0 Å². The van der Waals surface area contributed by atoms with Crippen LogP contribution in [0.25, 0.3) is 0 Å². The van der Waals surface area contributed by atoms with Crippen molar-refractivity contribution in [3.63, 3.8) is 0 Å². The van der Waals surface area contributed by atoms with Gasteiger partial charge in [-0.15, -0.1) is 0 Å². The normalized spacial score (nSPS) is 20.2. The number of hydrogen-bond acceptors (Lipinski definition) is 3. The Bertz CT molecular complexity index is 732. The van der Waals surface area contributed by atoms with Crippen LogP contribution in [-0.4, -0.2) is 20.4 Å². The average molecular weight is 372 g/mol. The van der Waals surface area contributed by atoms with E-state index in [9.17, 15) is 13.2 Å². The molecule has 1 aliphatic rings. The van der Waals surface area contributed by atoms with Crippen molar-refractivity contribution in [1.82, 2.24) is 5.32 Å². The van der Waals surface area contributed by atoms with Crippen LogP contribution < -0.4 is 10.5 Å². The lowest BCUT2D eigenvalue weighted by Gasteiger charge is -2.13. The monoisotopic (exact) mass is 370 g/mol. The van der Waals surface area contributed by atoms with Gasteiger partial charge in [0, 0.05) is 6.04 Å². The number of benzene rings is 1. The van der Waals surface area contributed by atoms with Crippen molar-refractivity contribution in [3.05, 3.63) is 26.7 Å². The van der Waals surface area contributed by atoms with E-state index in [0.717, 1.165) is 12.5 Å². The minimum Gasteiger partial charge on any atom is -0.349 e. The maximum Gasteiger partial charge on any atom is 0.254 e. The zero-order chi connectivity index (χ0) is 16.2. The third-order valence-corrected chi connectivity index (χ3v) is 5.70. The maximum absolute atomic E-state index is 12.3. The third-order valence-electron chi connectivity index (χ3n) is 3.48. The topological polar surface area (TPSA) is 89.3 Å². The highest BCUT2D eigenvalue weighted by Gasteiger charge is 2.47. The summed E-state index contributed by atoms with van der Waals surface area (Å²) in [6.45, 7) is 3.99. The summed E-state index contributed by atoms with van der Waals surface area (Å²) in [6.07, 6.45) is 0.816. The summed E-state index contributed by atoms with van der Waals surface area (Å²) in [5, 5.41) is 7.26. The van der Waals surface area contributed by atoms with E-state index in [0.29, 0.717) is 0 Å². The Morgan fingerprint density at radius 3 is 2.29 bits per heavy atom. The predicted molar refractivity (Wildman–Crippen MR) is 82.5 cm³/mol. The van der Waals surface area contributed by atoms with E-state index in [1.165, 1.54) is 0 Å². The number of carbonyl (C=O) groups excluding carboxylic acids is 1. The van der Waals surface area contributed by atoms with Crippen molar-refractivity contribution < 1.29 is 13.2 Å². The molecule has 1 unspecified atom stereocenters. The molecule has 1 aliphatic carbocycles. The average Bonchev–Trinajstić information content (AvgIpc) is 2.89. The van der Waals surface area contributed by atoms with Gasteiger partial charge in [0.05, 0.1) is 20.6 Å². The number of rotatable bonds is 3. The van der Waals surface area contributed by atoms with Gasteiger partial charge in [0.1, 0.15) is 4.90 Å². The first-order valence-corrected chi connectivity index (χ1v) is 8.64. The molecule has 1 atom stereocenters. The fraction of sp³-hybridized carbons (Fsp3) is 0.417. The van der Waals surface area contributed by atoms with Gasteiger partial charge in [-0.1, -0.05) is 48.7 Å². The van der Waals surface area contributed by atoms with Gasteiger partial charge in [0.25, 0.3) is 5.91 Å². The molecule has 116 valence electrons. The third kappa shape index (κ3) is 3.29. The summed E-state index contributed by atoms with van der Waals surface area (Å²) in [7, 11) is -4.12. The van der Waals surface area contributed by atoms with E-state index < -0.39 is 20.8 Å². The molecule has 2 rings (SSSR count). The first-order valence-electron chi connectivity index (χ1n) is 5.96. The van der Waals surface area contributed by atoms with Crippen LogP contribution in [0.4, 0.5) is 0 Å². The summed E-state index contributed by atoms with van der Waals surface area (Å²) < 4.78 is 23.0. The van der Waals surface area contributed by atoms with E-state index in [1.54, 1.807) is 0 Å². The predicted octanol–water partition coefficient (Wildman–Crippen LogP) is 2.82. The zero-order valence-corrected chi connectivity index (χ0v) is 14.3. The van der Waals surface area contributed by atoms with E-state index in [2.05, 4.69) is 5.32 Å². The Hall–Kier alpha value is -0.530. The van der Waals surface area contributed by atoms with Gasteiger partial charge in [0.15, 0.2) is 0 Å². The molecular formula is C12H13Cl3N2O3S. The molecule has 0 bridgehead atoms. The molecule has 0 radical (unpaired) electrons. The lowest BCUT2D eigenvalue weighted by molar-refractivity contribution is 0.0946. The van der Waals surface area contributed by atoms with Crippen LogP contribution in [0.3, 0.4) is 0 Å². The maximum atomic E-state index is 12.3. The minimum atomic E-state index is -4.12. The number of sulfonamides is 1. The van der Waals surface area contributed by atoms with Gasteiger partial charge < -0.3 is 5.32 Å². The van der Waals surface area contributed by atoms with Crippen molar-refractivity contribution in [3.8, 4) is 0 Å². The SMILES string of the molecule is CC1(C)CC1NC(=O)c1c(Cl)c(Cl)cc(S(N)(=O)=O)c1Cl. The van der Waals surface area contributed by atoms with E-state index in [4.69, 9.17) is 39.9 Å². The Morgan fingerprint density at radius 2 is 1.86 bits per heavy atom. The number of amides is 1. The quantitative estimate of drug-likeness (QED) is 0.801. The molecule has 1 saturated carbocycles. The highest BCUT2D eigenvalue weighted by atomic mass is 35.5. The molecule has 5 nitrogen and oxygen atoms in total. The summed E-state index contributed by atoms with van der Waals surface area (Å²) in [5.41, 5.74) is -0.187. The molecule has 3 N–H and O–H groups in total. The molecule has 1 aromatic carbocycles. The van der Waals surface area contributed by atoms with Gasteiger partial charge in [-0.05, 0) is 17.9 Å². The summed E-state index contributed by atoms with van der Waals surface area (Å²) in [5.74, 6) is -0.576. The standard InChI is InChI=1S/C12H13Cl3N2O3S/c1-12(2)4-7(12)17-11(18)8-9(14)5(13)3-6(10(8)15)21(16,19)20/h3,7H,4H2,1-2H3,(H,17,18)(H2,16,19,20). The largest absolute Gasteiger partial charge is 0.349 e. The number of primary sulfonamides is 1. The van der Waals surface area contributed by atoms with Gasteiger partial charge in [-0.2, -0.15) is 0 Å². The highest BCUT2D eigenvalue weighted by Crippen LogP contribution is 2.45.